The molecule has 0 bridgehead atoms. The maximum atomic E-state index is 10.6. The van der Waals surface area contributed by atoms with Crippen molar-refractivity contribution in [3.05, 3.63) is 63.6 Å². The van der Waals surface area contributed by atoms with Gasteiger partial charge in [0, 0.05) is 22.7 Å². The van der Waals surface area contributed by atoms with Crippen LogP contribution in [0.3, 0.4) is 0 Å². The fourth-order valence-electron chi connectivity index (χ4n) is 1.70. The van der Waals surface area contributed by atoms with Crippen molar-refractivity contribution in [3.8, 4) is 11.5 Å². The average molecular weight is 323 g/mol. The smallest absolute Gasteiger partial charge is 0.328 e. The van der Waals surface area contributed by atoms with Gasteiger partial charge in [0.2, 0.25) is 0 Å². The van der Waals surface area contributed by atoms with Gasteiger partial charge in [0.25, 0.3) is 0 Å². The van der Waals surface area contributed by atoms with Crippen molar-refractivity contribution >= 4 is 35.2 Å². The number of carbonyl (C=O) groups is 1. The number of ether oxygens (including phenoxy) is 1. The molecule has 0 atom stereocenters. The van der Waals surface area contributed by atoms with Gasteiger partial charge in [-0.2, -0.15) is 0 Å². The predicted molar refractivity (Wildman–Crippen MR) is 84.4 cm³/mol. The van der Waals surface area contributed by atoms with Crippen LogP contribution in [-0.4, -0.2) is 11.1 Å². The van der Waals surface area contributed by atoms with Gasteiger partial charge in [0.05, 0.1) is 5.02 Å². The molecule has 0 saturated carbocycles. The van der Waals surface area contributed by atoms with E-state index in [2.05, 4.69) is 0 Å². The molecule has 0 fully saturated rings. The van der Waals surface area contributed by atoms with E-state index in [0.717, 1.165) is 11.6 Å². The van der Waals surface area contributed by atoms with Crippen LogP contribution in [0.1, 0.15) is 11.1 Å². The normalized spacial score (nSPS) is 10.8. The second kappa shape index (κ2) is 6.66. The minimum absolute atomic E-state index is 0.436. The zero-order chi connectivity index (χ0) is 15.4. The van der Waals surface area contributed by atoms with Crippen molar-refractivity contribution in [2.45, 2.75) is 6.92 Å². The minimum Gasteiger partial charge on any atom is -0.478 e. The van der Waals surface area contributed by atoms with Crippen LogP contribution in [-0.2, 0) is 4.79 Å². The largest absolute Gasteiger partial charge is 0.478 e. The molecule has 0 heterocycles. The molecule has 108 valence electrons. The fourth-order valence-corrected chi connectivity index (χ4v) is 2.14. The van der Waals surface area contributed by atoms with E-state index in [-0.39, 0.29) is 0 Å². The lowest BCUT2D eigenvalue weighted by atomic mass is 10.2. The van der Waals surface area contributed by atoms with Gasteiger partial charge in [-0.3, -0.25) is 0 Å². The molecule has 3 nitrogen and oxygen atoms in total. The molecular weight excluding hydrogens is 311 g/mol. The molecule has 0 unspecified atom stereocenters. The van der Waals surface area contributed by atoms with Crippen LogP contribution in [0.5, 0.6) is 11.5 Å². The number of aryl methyl sites for hydroxylation is 1. The van der Waals surface area contributed by atoms with E-state index in [9.17, 15) is 4.79 Å². The third kappa shape index (κ3) is 4.25. The van der Waals surface area contributed by atoms with Gasteiger partial charge in [-0.25, -0.2) is 4.79 Å². The summed E-state index contributed by atoms with van der Waals surface area (Å²) in [6.07, 6.45) is 2.48. The van der Waals surface area contributed by atoms with Gasteiger partial charge < -0.3 is 9.84 Å². The zero-order valence-corrected chi connectivity index (χ0v) is 12.7. The van der Waals surface area contributed by atoms with Gasteiger partial charge in [-0.15, -0.1) is 0 Å². The number of carboxylic acids is 1. The van der Waals surface area contributed by atoms with Gasteiger partial charge >= 0.3 is 5.97 Å². The SMILES string of the molecule is Cc1ccc(Oc2cc(Cl)ccc2/C=C/C(=O)O)c(Cl)c1. The van der Waals surface area contributed by atoms with E-state index in [1.54, 1.807) is 30.3 Å². The highest BCUT2D eigenvalue weighted by Gasteiger charge is 2.08. The maximum Gasteiger partial charge on any atom is 0.328 e. The van der Waals surface area contributed by atoms with E-state index in [1.807, 2.05) is 13.0 Å². The Morgan fingerprint density at radius 3 is 2.57 bits per heavy atom. The number of carboxylic acid groups (broad SMARTS) is 1. The molecule has 0 aliphatic carbocycles. The quantitative estimate of drug-likeness (QED) is 0.787. The monoisotopic (exact) mass is 322 g/mol. The Morgan fingerprint density at radius 2 is 1.90 bits per heavy atom. The number of aliphatic carboxylic acids is 1. The Morgan fingerprint density at radius 1 is 1.14 bits per heavy atom. The van der Waals surface area contributed by atoms with Crippen LogP contribution in [0, 0.1) is 6.92 Å². The van der Waals surface area contributed by atoms with Crippen molar-refractivity contribution in [2.75, 3.05) is 0 Å². The standard InChI is InChI=1S/C16H12Cl2O3/c1-10-2-6-14(13(18)8-10)21-15-9-12(17)5-3-11(15)4-7-16(19)20/h2-9H,1H3,(H,19,20)/b7-4+. The van der Waals surface area contributed by atoms with Crippen LogP contribution in [0.2, 0.25) is 10.0 Å². The molecule has 2 aromatic rings. The molecule has 0 aliphatic rings. The molecule has 2 aromatic carbocycles. The molecule has 0 radical (unpaired) electrons. The highest BCUT2D eigenvalue weighted by molar-refractivity contribution is 6.32. The molecule has 0 spiro atoms. The summed E-state index contributed by atoms with van der Waals surface area (Å²) in [5.74, 6) is -0.121. The Hall–Kier alpha value is -1.97. The fraction of sp³-hybridized carbons (Fsp3) is 0.0625. The third-order valence-corrected chi connectivity index (χ3v) is 3.22. The van der Waals surface area contributed by atoms with E-state index >= 15 is 0 Å². The molecule has 0 saturated heterocycles. The van der Waals surface area contributed by atoms with Gasteiger partial charge in [-0.1, -0.05) is 29.3 Å². The van der Waals surface area contributed by atoms with Crippen LogP contribution in [0.15, 0.2) is 42.5 Å². The lowest BCUT2D eigenvalue weighted by Gasteiger charge is -2.11. The summed E-state index contributed by atoms with van der Waals surface area (Å²) in [7, 11) is 0. The minimum atomic E-state index is -1.04. The molecule has 1 N–H and O–H groups in total. The van der Waals surface area contributed by atoms with Crippen molar-refractivity contribution < 1.29 is 14.6 Å². The number of hydrogen-bond acceptors (Lipinski definition) is 2. The lowest BCUT2D eigenvalue weighted by Crippen LogP contribution is -1.91. The Bertz CT molecular complexity index is 709. The van der Waals surface area contributed by atoms with E-state index < -0.39 is 5.97 Å². The zero-order valence-electron chi connectivity index (χ0n) is 11.1. The third-order valence-electron chi connectivity index (χ3n) is 2.69. The Labute approximate surface area is 132 Å². The van der Waals surface area contributed by atoms with E-state index in [0.29, 0.717) is 27.1 Å². The van der Waals surface area contributed by atoms with Crippen LogP contribution in [0.25, 0.3) is 6.08 Å². The summed E-state index contributed by atoms with van der Waals surface area (Å²) in [6.45, 7) is 1.93. The first-order chi connectivity index (χ1) is 9.95. The molecule has 2 rings (SSSR count). The molecule has 5 heteroatoms. The first-order valence-electron chi connectivity index (χ1n) is 6.10. The van der Waals surface area contributed by atoms with Gasteiger partial charge in [0.1, 0.15) is 11.5 Å². The average Bonchev–Trinajstić information content (AvgIpc) is 2.41. The van der Waals surface area contributed by atoms with Crippen molar-refractivity contribution in [2.24, 2.45) is 0 Å². The summed E-state index contributed by atoms with van der Waals surface area (Å²) in [6, 6.07) is 10.4. The summed E-state index contributed by atoms with van der Waals surface area (Å²) in [5.41, 5.74) is 1.61. The second-order valence-corrected chi connectivity index (χ2v) is 5.23. The summed E-state index contributed by atoms with van der Waals surface area (Å²) in [5, 5.41) is 9.67. The van der Waals surface area contributed by atoms with Crippen LogP contribution in [0.4, 0.5) is 0 Å². The Kier molecular flexibility index (Phi) is 4.89. The lowest BCUT2D eigenvalue weighted by molar-refractivity contribution is -0.131. The van der Waals surface area contributed by atoms with Crippen molar-refractivity contribution in [3.63, 3.8) is 0 Å². The molecule has 21 heavy (non-hydrogen) atoms. The number of halogens is 2. The topological polar surface area (TPSA) is 46.5 Å². The van der Waals surface area contributed by atoms with E-state index in [1.165, 1.54) is 6.08 Å². The highest BCUT2D eigenvalue weighted by Crippen LogP contribution is 2.33. The summed E-state index contributed by atoms with van der Waals surface area (Å²) < 4.78 is 5.75. The Balaban J connectivity index is 2.38. The summed E-state index contributed by atoms with van der Waals surface area (Å²) >= 11 is 12.1. The predicted octanol–water partition coefficient (Wildman–Crippen LogP) is 5.19. The molecule has 0 amide bonds. The second-order valence-electron chi connectivity index (χ2n) is 4.39. The van der Waals surface area contributed by atoms with Crippen LogP contribution < -0.4 is 4.74 Å². The van der Waals surface area contributed by atoms with Crippen LogP contribution >= 0.6 is 23.2 Å². The number of rotatable bonds is 4. The van der Waals surface area contributed by atoms with E-state index in [4.69, 9.17) is 33.0 Å². The highest BCUT2D eigenvalue weighted by atomic mass is 35.5. The number of hydrogen-bond donors (Lipinski definition) is 1. The number of benzene rings is 2. The first-order valence-corrected chi connectivity index (χ1v) is 6.86. The molecular formula is C16H12Cl2O3. The van der Waals surface area contributed by atoms with Gasteiger partial charge in [0.15, 0.2) is 0 Å². The first kappa shape index (κ1) is 15.4. The van der Waals surface area contributed by atoms with Gasteiger partial charge in [-0.05, 0) is 42.8 Å². The van der Waals surface area contributed by atoms with Crippen molar-refractivity contribution in [1.82, 2.24) is 0 Å². The summed E-state index contributed by atoms with van der Waals surface area (Å²) in [4.78, 5) is 10.6. The maximum absolute atomic E-state index is 10.6. The molecule has 0 aromatic heterocycles. The molecule has 0 aliphatic heterocycles. The van der Waals surface area contributed by atoms with Crippen molar-refractivity contribution in [1.29, 1.82) is 0 Å².